The summed E-state index contributed by atoms with van der Waals surface area (Å²) in [4.78, 5) is 75.0. The molecule has 4 aliphatic heterocycles. The van der Waals surface area contributed by atoms with Gasteiger partial charge < -0.3 is 49.4 Å². The molecule has 17 heteroatoms. The summed E-state index contributed by atoms with van der Waals surface area (Å²) < 4.78 is 38.3. The fourth-order valence-electron chi connectivity index (χ4n) is 10.5. The van der Waals surface area contributed by atoms with Crippen LogP contribution in [0.3, 0.4) is 0 Å². The Bertz CT molecular complexity index is 2120. The van der Waals surface area contributed by atoms with Crippen LogP contribution in [0.5, 0.6) is 0 Å². The van der Waals surface area contributed by atoms with Crippen molar-refractivity contribution in [3.05, 3.63) is 71.9 Å². The van der Waals surface area contributed by atoms with Crippen molar-refractivity contribution in [2.45, 2.75) is 141 Å². The number of unbranched alkanes of at least 4 members (excludes halogenated alkanes) is 1. The number of likely N-dealkylation sites (N-methyl/N-ethyl adjacent to an activating group) is 1. The zero-order valence-electron chi connectivity index (χ0n) is 41.0. The van der Waals surface area contributed by atoms with E-state index in [-0.39, 0.29) is 37.3 Å². The lowest BCUT2D eigenvalue weighted by molar-refractivity contribution is -0.294. The van der Waals surface area contributed by atoms with E-state index in [1.807, 2.05) is 68.3 Å². The quantitative estimate of drug-likeness (QED) is 0.0721. The number of rotatable bonds is 13. The number of Topliss-reactive ketones (excluding diaryl/α,β-unsaturated/α-hetero) is 2. The fraction of sp³-hybridized carbons (Fsp3) is 0.620. The second-order valence-electron chi connectivity index (χ2n) is 19.4. The number of ether oxygens (including phenoxy) is 6. The molecule has 4 aliphatic rings. The molecule has 3 saturated heterocycles. The van der Waals surface area contributed by atoms with Gasteiger partial charge in [-0.2, -0.15) is 0 Å². The Hall–Kier alpha value is -5.07. The number of nitrogens with zero attached hydrogens (tertiary/aromatic N) is 3. The summed E-state index contributed by atoms with van der Waals surface area (Å²) in [5.41, 5.74) is 12.3. The van der Waals surface area contributed by atoms with Crippen molar-refractivity contribution in [2.75, 3.05) is 40.0 Å². The highest BCUT2D eigenvalue weighted by molar-refractivity contribution is 6.00. The molecule has 6 rings (SSSR count). The van der Waals surface area contributed by atoms with Crippen molar-refractivity contribution >= 4 is 41.0 Å². The largest absolute Gasteiger partial charge is 0.458 e. The highest BCUT2D eigenvalue weighted by atomic mass is 16.7. The normalized spacial score (nSPS) is 34.2. The maximum atomic E-state index is 15.0. The molecule has 2 aromatic carbocycles. The Morgan fingerprint density at radius 1 is 0.940 bits per heavy atom. The predicted octanol–water partition coefficient (Wildman–Crippen LogP) is 5.74. The van der Waals surface area contributed by atoms with Gasteiger partial charge in [-0.25, -0.2) is 9.59 Å². The lowest BCUT2D eigenvalue weighted by Gasteiger charge is -2.47. The molecule has 2 aromatic rings. The molecule has 3 unspecified atom stereocenters. The van der Waals surface area contributed by atoms with Crippen LogP contribution < -0.4 is 16.7 Å². The number of anilines is 1. The van der Waals surface area contributed by atoms with Gasteiger partial charge >= 0.3 is 18.0 Å². The van der Waals surface area contributed by atoms with E-state index in [0.29, 0.717) is 37.1 Å². The number of hydrazine groups is 2. The number of cyclic esters (lactones) is 1. The molecule has 4 N–H and O–H groups in total. The Labute approximate surface area is 395 Å². The molecule has 67 heavy (non-hydrogen) atoms. The number of carbonyl (C=O) groups is 5. The van der Waals surface area contributed by atoms with Crippen LogP contribution in [0.1, 0.15) is 103 Å². The molecule has 0 spiro atoms. The van der Waals surface area contributed by atoms with Gasteiger partial charge in [-0.3, -0.25) is 19.4 Å². The van der Waals surface area contributed by atoms with E-state index in [0.717, 1.165) is 11.3 Å². The molecular weight excluding hydrogens is 861 g/mol. The predicted molar refractivity (Wildman–Crippen MR) is 250 cm³/mol. The van der Waals surface area contributed by atoms with Crippen molar-refractivity contribution in [2.24, 2.45) is 23.7 Å². The van der Waals surface area contributed by atoms with Gasteiger partial charge in [0.2, 0.25) is 0 Å². The van der Waals surface area contributed by atoms with E-state index < -0.39 is 89.3 Å². The zero-order chi connectivity index (χ0) is 49.0. The molecule has 1 amide bonds. The number of methoxy groups -OCH3 is 1. The average molecular weight is 933 g/mol. The highest BCUT2D eigenvalue weighted by Crippen LogP contribution is 2.43. The summed E-state index contributed by atoms with van der Waals surface area (Å²) in [5, 5.41) is 1.92. The summed E-state index contributed by atoms with van der Waals surface area (Å²) in [6.45, 7) is 14.8. The van der Waals surface area contributed by atoms with E-state index in [9.17, 15) is 24.0 Å². The van der Waals surface area contributed by atoms with Gasteiger partial charge in [-0.1, -0.05) is 58.0 Å². The maximum Gasteiger partial charge on any atom is 0.410 e. The minimum atomic E-state index is -1.44. The molecule has 0 saturated carbocycles. The zero-order valence-corrected chi connectivity index (χ0v) is 41.0. The first kappa shape index (κ1) is 51.3. The molecule has 0 aromatic heterocycles. The number of amides is 1. The van der Waals surface area contributed by atoms with Gasteiger partial charge in [0, 0.05) is 55.4 Å². The Morgan fingerprint density at radius 3 is 2.30 bits per heavy atom. The lowest BCUT2D eigenvalue weighted by atomic mass is 9.73. The number of nitrogen functional groups attached to an aromatic ring is 1. The minimum absolute atomic E-state index is 0.0824. The van der Waals surface area contributed by atoms with Gasteiger partial charge in [-0.15, -0.1) is 5.53 Å². The number of esters is 2. The first-order chi connectivity index (χ1) is 31.7. The summed E-state index contributed by atoms with van der Waals surface area (Å²) in [7, 11) is 5.26. The molecule has 0 bridgehead atoms. The lowest BCUT2D eigenvalue weighted by Crippen LogP contribution is -2.61. The smallest absolute Gasteiger partial charge is 0.410 e. The van der Waals surface area contributed by atoms with Gasteiger partial charge in [0.15, 0.2) is 23.8 Å². The third kappa shape index (κ3) is 11.1. The van der Waals surface area contributed by atoms with Crippen LogP contribution >= 0.6 is 0 Å². The molecular formula is C50H72N6O11. The number of hydrogen-bond acceptors (Lipinski definition) is 16. The van der Waals surface area contributed by atoms with Gasteiger partial charge in [-0.05, 0) is 98.2 Å². The molecule has 0 aliphatic carbocycles. The standard InChI is InChI=1S/C50H72N6O11/c1-12-39-50(8)43(56(48(61)67-50)24-17-16-23-55-28-37(52-53-55)35-21-18-22-36(51)26-35)31(4)40(57)29(2)27-49(7,62-11)44(32(5)41(58)33(6)45(59)64-39)66-47-42(38(54(9)10)25-30(3)63-47)65-46(60)34-19-14-13-15-20-34/h13-15,18-22,26,28-33,38-39,42-44,47,52-53H,12,16-17,23-25,27,51H2,1-11H3/t29-,30-,31+,32+,33-,38+,39?,42-,43?,44-,47?,49+,50-/m1/s1. The van der Waals surface area contributed by atoms with E-state index in [2.05, 4.69) is 11.0 Å². The summed E-state index contributed by atoms with van der Waals surface area (Å²) >= 11 is 0. The van der Waals surface area contributed by atoms with E-state index >= 15 is 0 Å². The SMILES string of the molecule is CCC1OC(=O)[C@H](C)C(=O)[C@H](C)[C@@H](OC2O[C@H](C)C[C@H](N(C)C)[C@H]2OC(=O)c2ccccc2)[C@@](C)(OC)C[C@@H](C)C(=O)[C@H](C)C2N(CCCCN3C=C(c4cccc(N)c4)NN3)C(=O)O[C@]12C. The topological polar surface area (TPSA) is 201 Å². The second kappa shape index (κ2) is 21.5. The summed E-state index contributed by atoms with van der Waals surface area (Å²) in [5.74, 6) is -5.83. The number of nitrogens with one attached hydrogen (secondary N) is 2. The van der Waals surface area contributed by atoms with Crippen LogP contribution in [0, 0.1) is 23.7 Å². The second-order valence-corrected chi connectivity index (χ2v) is 19.4. The van der Waals surface area contributed by atoms with Crippen LogP contribution in [0.25, 0.3) is 5.70 Å². The van der Waals surface area contributed by atoms with Crippen molar-refractivity contribution < 1.29 is 52.4 Å². The van der Waals surface area contributed by atoms with Crippen molar-refractivity contribution in [3.8, 4) is 0 Å². The van der Waals surface area contributed by atoms with Crippen LogP contribution in [-0.4, -0.2) is 133 Å². The molecule has 17 nitrogen and oxygen atoms in total. The third-order valence-electron chi connectivity index (χ3n) is 14.3. The fourth-order valence-corrected chi connectivity index (χ4v) is 10.5. The minimum Gasteiger partial charge on any atom is -0.458 e. The number of carbonyl (C=O) groups excluding carboxylic acids is 5. The van der Waals surface area contributed by atoms with Crippen LogP contribution in [0.15, 0.2) is 60.8 Å². The van der Waals surface area contributed by atoms with Crippen LogP contribution in [-0.2, 0) is 42.8 Å². The monoisotopic (exact) mass is 933 g/mol. The summed E-state index contributed by atoms with van der Waals surface area (Å²) in [6.07, 6.45) is -1.16. The molecule has 368 valence electrons. The Morgan fingerprint density at radius 2 is 1.64 bits per heavy atom. The van der Waals surface area contributed by atoms with Gasteiger partial charge in [0.05, 0.1) is 41.2 Å². The molecule has 13 atom stereocenters. The van der Waals surface area contributed by atoms with E-state index in [4.69, 9.17) is 34.2 Å². The Balaban J connectivity index is 1.28. The van der Waals surface area contributed by atoms with E-state index in [1.54, 1.807) is 69.9 Å². The molecule has 3 fully saturated rings. The van der Waals surface area contributed by atoms with Crippen molar-refractivity contribution in [3.63, 3.8) is 0 Å². The van der Waals surface area contributed by atoms with Gasteiger partial charge in [0.1, 0.15) is 17.8 Å². The van der Waals surface area contributed by atoms with Crippen LogP contribution in [0.4, 0.5) is 10.5 Å². The number of fused-ring (bicyclic) bond motifs is 1. The average Bonchev–Trinajstić information content (AvgIpc) is 3.88. The number of nitrogens with two attached hydrogens (primary N) is 1. The Kier molecular flexibility index (Phi) is 16.5. The number of ketones is 2. The van der Waals surface area contributed by atoms with E-state index in [1.165, 1.54) is 14.0 Å². The third-order valence-corrected chi connectivity index (χ3v) is 14.3. The number of hydrogen-bond donors (Lipinski definition) is 3. The number of benzene rings is 2. The molecule has 4 heterocycles. The van der Waals surface area contributed by atoms with Gasteiger partial charge in [0.25, 0.3) is 0 Å². The van der Waals surface area contributed by atoms with Crippen molar-refractivity contribution in [1.82, 2.24) is 25.8 Å². The van der Waals surface area contributed by atoms with Crippen LogP contribution in [0.2, 0.25) is 0 Å². The first-order valence-electron chi connectivity index (χ1n) is 23.6. The first-order valence-corrected chi connectivity index (χ1v) is 23.6. The summed E-state index contributed by atoms with van der Waals surface area (Å²) in [6, 6.07) is 15.0. The maximum absolute atomic E-state index is 15.0. The van der Waals surface area contributed by atoms with Crippen molar-refractivity contribution in [1.29, 1.82) is 0 Å². The highest BCUT2D eigenvalue weighted by Gasteiger charge is 2.60. The molecule has 0 radical (unpaired) electrons.